The summed E-state index contributed by atoms with van der Waals surface area (Å²) < 4.78 is 2.04. The zero-order chi connectivity index (χ0) is 12.3. The Morgan fingerprint density at radius 2 is 2.35 bits per heavy atom. The van der Waals surface area contributed by atoms with E-state index in [9.17, 15) is 0 Å². The van der Waals surface area contributed by atoms with Crippen LogP contribution in [0.2, 0.25) is 0 Å². The monoisotopic (exact) mass is 235 g/mol. The Bertz CT molecular complexity index is 345. The van der Waals surface area contributed by atoms with Crippen molar-refractivity contribution in [1.82, 2.24) is 14.9 Å². The Labute approximate surface area is 105 Å². The van der Waals surface area contributed by atoms with Gasteiger partial charge in [0, 0.05) is 13.2 Å². The summed E-state index contributed by atoms with van der Waals surface area (Å²) in [6.45, 7) is 2.32. The van der Waals surface area contributed by atoms with Crippen molar-refractivity contribution in [2.75, 3.05) is 7.05 Å². The van der Waals surface area contributed by atoms with Crippen LogP contribution in [-0.4, -0.2) is 16.6 Å². The molecule has 1 aliphatic rings. The number of aromatic nitrogens is 2. The predicted octanol–water partition coefficient (Wildman–Crippen LogP) is 2.90. The molecule has 1 saturated carbocycles. The first-order valence-corrected chi connectivity index (χ1v) is 6.89. The van der Waals surface area contributed by atoms with E-state index < -0.39 is 0 Å². The number of hydrogen-bond acceptors (Lipinski definition) is 2. The van der Waals surface area contributed by atoms with Gasteiger partial charge in [-0.05, 0) is 31.7 Å². The molecule has 0 bridgehead atoms. The Balaban J connectivity index is 2.07. The van der Waals surface area contributed by atoms with E-state index in [-0.39, 0.29) is 0 Å². The summed E-state index contributed by atoms with van der Waals surface area (Å²) >= 11 is 0. The molecular formula is C14H25N3. The van der Waals surface area contributed by atoms with Gasteiger partial charge in [0.15, 0.2) is 0 Å². The highest BCUT2D eigenvalue weighted by Crippen LogP contribution is 2.37. The minimum Gasteiger partial charge on any atom is -0.340 e. The van der Waals surface area contributed by atoms with Gasteiger partial charge in [-0.15, -0.1) is 0 Å². The van der Waals surface area contributed by atoms with E-state index >= 15 is 0 Å². The summed E-state index contributed by atoms with van der Waals surface area (Å²) in [4.78, 5) is 4.51. The fourth-order valence-corrected chi connectivity index (χ4v) is 3.22. The largest absolute Gasteiger partial charge is 0.340 e. The third kappa shape index (κ3) is 2.89. The predicted molar refractivity (Wildman–Crippen MR) is 70.7 cm³/mol. The maximum absolute atomic E-state index is 4.51. The first kappa shape index (κ1) is 12.6. The molecule has 1 N–H and O–H groups in total. The second-order valence-corrected chi connectivity index (χ2v) is 5.43. The van der Waals surface area contributed by atoms with Gasteiger partial charge in [0.2, 0.25) is 0 Å². The van der Waals surface area contributed by atoms with Crippen molar-refractivity contribution in [2.24, 2.45) is 18.9 Å². The second kappa shape index (κ2) is 5.67. The lowest BCUT2D eigenvalue weighted by molar-refractivity contribution is 0.212. The van der Waals surface area contributed by atoms with Crippen LogP contribution < -0.4 is 5.32 Å². The Kier molecular flexibility index (Phi) is 4.21. The average molecular weight is 235 g/mol. The highest BCUT2D eigenvalue weighted by atomic mass is 15.0. The van der Waals surface area contributed by atoms with Gasteiger partial charge in [-0.25, -0.2) is 4.98 Å². The molecule has 0 spiro atoms. The second-order valence-electron chi connectivity index (χ2n) is 5.43. The third-order valence-electron chi connectivity index (χ3n) is 4.23. The van der Waals surface area contributed by atoms with Crippen molar-refractivity contribution in [1.29, 1.82) is 0 Å². The van der Waals surface area contributed by atoms with Gasteiger partial charge >= 0.3 is 0 Å². The highest BCUT2D eigenvalue weighted by molar-refractivity contribution is 5.06. The molecule has 0 amide bonds. The Morgan fingerprint density at radius 3 is 2.94 bits per heavy atom. The molecule has 1 aromatic rings. The van der Waals surface area contributed by atoms with Gasteiger partial charge in [0.1, 0.15) is 0 Å². The molecule has 3 unspecified atom stereocenters. The fraction of sp³-hybridized carbons (Fsp3) is 0.786. The lowest BCUT2D eigenvalue weighted by atomic mass is 9.76. The molecule has 0 radical (unpaired) electrons. The van der Waals surface area contributed by atoms with Gasteiger partial charge in [0.05, 0.1) is 18.1 Å². The van der Waals surface area contributed by atoms with E-state index in [1.54, 1.807) is 0 Å². The minimum atomic E-state index is 0.436. The molecule has 1 heterocycles. The summed E-state index contributed by atoms with van der Waals surface area (Å²) in [6.07, 6.45) is 10.9. The van der Waals surface area contributed by atoms with Crippen molar-refractivity contribution in [3.05, 3.63) is 18.2 Å². The summed E-state index contributed by atoms with van der Waals surface area (Å²) in [5.41, 5.74) is 1.21. The molecular weight excluding hydrogens is 210 g/mol. The minimum absolute atomic E-state index is 0.436. The van der Waals surface area contributed by atoms with Crippen molar-refractivity contribution >= 4 is 0 Å². The Hall–Kier alpha value is -0.830. The molecule has 3 heteroatoms. The van der Waals surface area contributed by atoms with E-state index in [4.69, 9.17) is 0 Å². The van der Waals surface area contributed by atoms with Gasteiger partial charge in [-0.2, -0.15) is 0 Å². The van der Waals surface area contributed by atoms with Crippen molar-refractivity contribution in [2.45, 2.75) is 45.1 Å². The van der Waals surface area contributed by atoms with Crippen LogP contribution in [0, 0.1) is 11.8 Å². The topological polar surface area (TPSA) is 29.9 Å². The van der Waals surface area contributed by atoms with Crippen molar-refractivity contribution in [3.63, 3.8) is 0 Å². The summed E-state index contributed by atoms with van der Waals surface area (Å²) in [5.74, 6) is 1.68. The normalized spacial score (nSPS) is 27.0. The van der Waals surface area contributed by atoms with Gasteiger partial charge in [-0.3, -0.25) is 0 Å². The number of nitrogens with one attached hydrogen (secondary N) is 1. The maximum atomic E-state index is 4.51. The summed E-state index contributed by atoms with van der Waals surface area (Å²) in [6, 6.07) is 0.436. The summed E-state index contributed by atoms with van der Waals surface area (Å²) in [7, 11) is 4.11. The van der Waals surface area contributed by atoms with Crippen LogP contribution in [0.15, 0.2) is 12.5 Å². The zero-order valence-corrected chi connectivity index (χ0v) is 11.3. The molecule has 3 nitrogen and oxygen atoms in total. The van der Waals surface area contributed by atoms with Crippen molar-refractivity contribution in [3.8, 4) is 0 Å². The number of hydrogen-bond donors (Lipinski definition) is 1. The molecule has 3 atom stereocenters. The lowest BCUT2D eigenvalue weighted by Gasteiger charge is -2.33. The van der Waals surface area contributed by atoms with Crippen LogP contribution in [0.1, 0.15) is 50.8 Å². The van der Waals surface area contributed by atoms with Gasteiger partial charge < -0.3 is 9.88 Å². The SMILES string of the molecule is CCC1CCCC(C(NC)c2cn(C)cn2)C1. The van der Waals surface area contributed by atoms with Crippen LogP contribution in [0.25, 0.3) is 0 Å². The van der Waals surface area contributed by atoms with Crippen LogP contribution in [0.4, 0.5) is 0 Å². The molecule has 0 saturated heterocycles. The average Bonchev–Trinajstić information content (AvgIpc) is 2.77. The quantitative estimate of drug-likeness (QED) is 0.869. The van der Waals surface area contributed by atoms with Crippen LogP contribution in [0.5, 0.6) is 0 Å². The van der Waals surface area contributed by atoms with E-state index in [0.717, 1.165) is 11.8 Å². The zero-order valence-electron chi connectivity index (χ0n) is 11.3. The highest BCUT2D eigenvalue weighted by Gasteiger charge is 2.28. The summed E-state index contributed by atoms with van der Waals surface area (Å²) in [5, 5.41) is 3.47. The molecule has 1 fully saturated rings. The number of rotatable bonds is 4. The molecule has 96 valence electrons. The van der Waals surface area contributed by atoms with E-state index in [2.05, 4.69) is 30.5 Å². The lowest BCUT2D eigenvalue weighted by Crippen LogP contribution is -2.29. The van der Waals surface area contributed by atoms with Crippen LogP contribution >= 0.6 is 0 Å². The standard InChI is InChI=1S/C14H25N3/c1-4-11-6-5-7-12(8-11)14(15-2)13-9-17(3)10-16-13/h9-12,14-15H,4-8H2,1-3H3. The molecule has 2 rings (SSSR count). The first-order chi connectivity index (χ1) is 8.24. The number of aryl methyl sites for hydroxylation is 1. The maximum Gasteiger partial charge on any atom is 0.0947 e. The molecule has 17 heavy (non-hydrogen) atoms. The van der Waals surface area contributed by atoms with Gasteiger partial charge in [-0.1, -0.05) is 26.2 Å². The van der Waals surface area contributed by atoms with E-state index in [0.29, 0.717) is 6.04 Å². The molecule has 0 aliphatic heterocycles. The van der Waals surface area contributed by atoms with Crippen LogP contribution in [0.3, 0.4) is 0 Å². The third-order valence-corrected chi connectivity index (χ3v) is 4.23. The number of imidazole rings is 1. The van der Waals surface area contributed by atoms with Gasteiger partial charge in [0.25, 0.3) is 0 Å². The van der Waals surface area contributed by atoms with E-state index in [1.807, 2.05) is 17.9 Å². The van der Waals surface area contributed by atoms with Crippen LogP contribution in [-0.2, 0) is 7.05 Å². The first-order valence-electron chi connectivity index (χ1n) is 6.89. The molecule has 1 aromatic heterocycles. The fourth-order valence-electron chi connectivity index (χ4n) is 3.22. The smallest absolute Gasteiger partial charge is 0.0947 e. The Morgan fingerprint density at radius 1 is 1.53 bits per heavy atom. The molecule has 1 aliphatic carbocycles. The van der Waals surface area contributed by atoms with Crippen molar-refractivity contribution < 1.29 is 0 Å². The van der Waals surface area contributed by atoms with E-state index in [1.165, 1.54) is 37.8 Å². The number of nitrogens with zero attached hydrogens (tertiary/aromatic N) is 2. The molecule has 0 aromatic carbocycles.